The van der Waals surface area contributed by atoms with Crippen molar-refractivity contribution < 1.29 is 47.8 Å². The third-order valence-electron chi connectivity index (χ3n) is 8.16. The van der Waals surface area contributed by atoms with E-state index in [1.54, 1.807) is 0 Å². The highest BCUT2D eigenvalue weighted by atomic mass is 31.2. The van der Waals surface area contributed by atoms with E-state index in [0.29, 0.717) is 12.8 Å². The summed E-state index contributed by atoms with van der Waals surface area (Å²) in [6.07, 6.45) is 40.5. The molecule has 10 nitrogen and oxygen atoms in total. The third-order valence-corrected chi connectivity index (χ3v) is 9.11. The lowest BCUT2D eigenvalue weighted by Crippen LogP contribution is -2.29. The molecule has 0 saturated heterocycles. The highest BCUT2D eigenvalue weighted by Gasteiger charge is 2.27. The van der Waals surface area contributed by atoms with Crippen LogP contribution in [0.4, 0.5) is 0 Å². The summed E-state index contributed by atoms with van der Waals surface area (Å²) in [5.74, 6) is -0.984. The van der Waals surface area contributed by atoms with Crippen molar-refractivity contribution in [2.75, 3.05) is 26.4 Å². The van der Waals surface area contributed by atoms with Gasteiger partial charge in [0.15, 0.2) is 6.10 Å². The Hall–Kier alpha value is -2.33. The largest absolute Gasteiger partial charge is 0.472 e. The Morgan fingerprint density at radius 1 is 0.585 bits per heavy atom. The van der Waals surface area contributed by atoms with Crippen molar-refractivity contribution in [1.82, 2.24) is 0 Å². The molecule has 53 heavy (non-hydrogen) atoms. The summed E-state index contributed by atoms with van der Waals surface area (Å²) in [7, 11) is -4.63. The van der Waals surface area contributed by atoms with Crippen LogP contribution in [0.5, 0.6) is 0 Å². The SMILES string of the molecule is CC/C=C/C/C=C/C/C=C/C/C=C/CCCCC(=O)O[C@H](COC(=O)CCCCCCCCC/C=C/CCCCCC)COP(=O)(O)OC[C@@H](O)CO. The lowest BCUT2D eigenvalue weighted by molar-refractivity contribution is -0.161. The van der Waals surface area contributed by atoms with Crippen molar-refractivity contribution in [3.8, 4) is 0 Å². The first-order valence-electron chi connectivity index (χ1n) is 20.2. The molecule has 0 amide bonds. The van der Waals surface area contributed by atoms with Crippen LogP contribution in [0, 0.1) is 0 Å². The second-order valence-corrected chi connectivity index (χ2v) is 14.7. The lowest BCUT2D eigenvalue weighted by atomic mass is 10.1. The quantitative estimate of drug-likeness (QED) is 0.0241. The second kappa shape index (κ2) is 38.0. The van der Waals surface area contributed by atoms with E-state index in [1.165, 1.54) is 51.4 Å². The first kappa shape index (κ1) is 50.7. The van der Waals surface area contributed by atoms with Gasteiger partial charge in [-0.25, -0.2) is 4.57 Å². The van der Waals surface area contributed by atoms with Crippen LogP contribution in [0.15, 0.2) is 60.8 Å². The summed E-state index contributed by atoms with van der Waals surface area (Å²) in [6.45, 7) is 2.18. The molecule has 0 aliphatic heterocycles. The van der Waals surface area contributed by atoms with E-state index in [2.05, 4.69) is 79.1 Å². The van der Waals surface area contributed by atoms with Gasteiger partial charge in [-0.05, 0) is 77.0 Å². The Morgan fingerprint density at radius 2 is 1.04 bits per heavy atom. The molecule has 0 aliphatic carbocycles. The molecule has 0 aromatic heterocycles. The molecule has 306 valence electrons. The number of aliphatic hydroxyl groups is 2. The molecule has 0 radical (unpaired) electrons. The smallest absolute Gasteiger partial charge is 0.462 e. The van der Waals surface area contributed by atoms with Crippen molar-refractivity contribution in [2.24, 2.45) is 0 Å². The highest BCUT2D eigenvalue weighted by molar-refractivity contribution is 7.47. The molecular formula is C42H73O10P. The predicted octanol–water partition coefficient (Wildman–Crippen LogP) is 10.3. The topological polar surface area (TPSA) is 149 Å². The molecule has 1 unspecified atom stereocenters. The minimum Gasteiger partial charge on any atom is -0.462 e. The van der Waals surface area contributed by atoms with Crippen LogP contribution in [-0.2, 0) is 32.7 Å². The summed E-state index contributed by atoms with van der Waals surface area (Å²) in [5, 5.41) is 18.3. The van der Waals surface area contributed by atoms with E-state index >= 15 is 0 Å². The fourth-order valence-corrected chi connectivity index (χ4v) is 5.83. The molecule has 0 saturated carbocycles. The van der Waals surface area contributed by atoms with Gasteiger partial charge in [0.25, 0.3) is 0 Å². The molecule has 0 aliphatic rings. The van der Waals surface area contributed by atoms with Gasteiger partial charge in [-0.2, -0.15) is 0 Å². The molecular weight excluding hydrogens is 695 g/mol. The van der Waals surface area contributed by atoms with Gasteiger partial charge < -0.3 is 24.6 Å². The Labute approximate surface area is 321 Å². The van der Waals surface area contributed by atoms with Gasteiger partial charge in [-0.3, -0.25) is 18.6 Å². The first-order valence-corrected chi connectivity index (χ1v) is 21.7. The number of unbranched alkanes of at least 4 members (excludes halogenated alkanes) is 13. The summed E-state index contributed by atoms with van der Waals surface area (Å²) >= 11 is 0. The van der Waals surface area contributed by atoms with E-state index in [1.807, 2.05) is 0 Å². The summed E-state index contributed by atoms with van der Waals surface area (Å²) in [5.41, 5.74) is 0. The number of phosphoric acid groups is 1. The Bertz CT molecular complexity index is 1070. The number of hydrogen-bond acceptors (Lipinski definition) is 9. The zero-order valence-electron chi connectivity index (χ0n) is 33.0. The van der Waals surface area contributed by atoms with Crippen molar-refractivity contribution in [3.05, 3.63) is 60.8 Å². The van der Waals surface area contributed by atoms with Crippen molar-refractivity contribution >= 4 is 19.8 Å². The Morgan fingerprint density at radius 3 is 1.62 bits per heavy atom. The van der Waals surface area contributed by atoms with Crippen LogP contribution in [0.2, 0.25) is 0 Å². The van der Waals surface area contributed by atoms with Crippen LogP contribution in [0.3, 0.4) is 0 Å². The van der Waals surface area contributed by atoms with Crippen LogP contribution >= 0.6 is 7.82 Å². The van der Waals surface area contributed by atoms with Crippen molar-refractivity contribution in [1.29, 1.82) is 0 Å². The molecule has 0 fully saturated rings. The zero-order chi connectivity index (χ0) is 39.1. The third kappa shape index (κ3) is 37.8. The maximum Gasteiger partial charge on any atom is 0.472 e. The maximum atomic E-state index is 12.6. The number of ether oxygens (including phenoxy) is 2. The number of esters is 2. The standard InChI is InChI=1S/C42H73O10P/c1-3-5-7-9-11-13-15-17-19-21-23-25-27-29-31-33-41(45)49-37-40(38-51-53(47,48)50-36-39(44)35-43)52-42(46)34-32-30-28-26-24-22-20-18-16-14-12-10-8-6-4-2/h6,8,12-15,18,20,24,26,39-40,43-44H,3-5,7,9-11,16-17,19,21-23,25,27-38H2,1-2H3,(H,47,48)/b8-6+,14-12+,15-13+,20-18+,26-24+/t39-,40+/m0/s1. The molecule has 0 bridgehead atoms. The number of rotatable bonds is 37. The van der Waals surface area contributed by atoms with Gasteiger partial charge in [0, 0.05) is 12.8 Å². The van der Waals surface area contributed by atoms with Crippen LogP contribution in [0.1, 0.15) is 155 Å². The Kier molecular flexibility index (Phi) is 36.3. The molecule has 11 heteroatoms. The van der Waals surface area contributed by atoms with Crippen molar-refractivity contribution in [2.45, 2.75) is 167 Å². The average molecular weight is 769 g/mol. The zero-order valence-corrected chi connectivity index (χ0v) is 33.9. The van der Waals surface area contributed by atoms with E-state index in [-0.39, 0.29) is 19.4 Å². The number of phosphoric ester groups is 1. The van der Waals surface area contributed by atoms with Gasteiger partial charge in [0.2, 0.25) is 0 Å². The fourth-order valence-electron chi connectivity index (χ4n) is 5.04. The second-order valence-electron chi connectivity index (χ2n) is 13.3. The number of aliphatic hydroxyl groups excluding tert-OH is 2. The monoisotopic (exact) mass is 768 g/mol. The molecule has 0 heterocycles. The number of allylic oxidation sites excluding steroid dienone is 10. The van der Waals surface area contributed by atoms with Crippen LogP contribution < -0.4 is 0 Å². The van der Waals surface area contributed by atoms with Crippen molar-refractivity contribution in [3.63, 3.8) is 0 Å². The minimum absolute atomic E-state index is 0.129. The van der Waals surface area contributed by atoms with Gasteiger partial charge in [0.1, 0.15) is 12.7 Å². The predicted molar refractivity (Wildman–Crippen MR) is 214 cm³/mol. The van der Waals surface area contributed by atoms with Gasteiger partial charge >= 0.3 is 19.8 Å². The summed E-state index contributed by atoms with van der Waals surface area (Å²) < 4.78 is 32.6. The summed E-state index contributed by atoms with van der Waals surface area (Å²) in [6, 6.07) is 0. The Balaban J connectivity index is 4.42. The van der Waals surface area contributed by atoms with Crippen LogP contribution in [-0.4, -0.2) is 65.7 Å². The molecule has 0 rings (SSSR count). The van der Waals surface area contributed by atoms with Gasteiger partial charge in [-0.15, -0.1) is 0 Å². The van der Waals surface area contributed by atoms with Gasteiger partial charge in [-0.1, -0.05) is 126 Å². The summed E-state index contributed by atoms with van der Waals surface area (Å²) in [4.78, 5) is 34.9. The minimum atomic E-state index is -4.63. The molecule has 3 atom stereocenters. The number of hydrogen-bond donors (Lipinski definition) is 3. The number of carbonyl (C=O) groups is 2. The molecule has 0 spiro atoms. The number of carbonyl (C=O) groups excluding carboxylic acids is 2. The van der Waals surface area contributed by atoms with E-state index < -0.39 is 51.8 Å². The van der Waals surface area contributed by atoms with E-state index in [0.717, 1.165) is 64.2 Å². The van der Waals surface area contributed by atoms with E-state index in [4.69, 9.17) is 19.1 Å². The van der Waals surface area contributed by atoms with Gasteiger partial charge in [0.05, 0.1) is 19.8 Å². The average Bonchev–Trinajstić information content (AvgIpc) is 3.14. The fraction of sp³-hybridized carbons (Fsp3) is 0.714. The lowest BCUT2D eigenvalue weighted by Gasteiger charge is -2.20. The maximum absolute atomic E-state index is 12.6. The first-order chi connectivity index (χ1) is 25.7. The normalized spacial score (nSPS) is 14.6. The molecule has 0 aromatic carbocycles. The van der Waals surface area contributed by atoms with Crippen LogP contribution in [0.25, 0.3) is 0 Å². The molecule has 0 aromatic rings. The molecule has 3 N–H and O–H groups in total. The van der Waals surface area contributed by atoms with E-state index in [9.17, 15) is 24.2 Å². The highest BCUT2D eigenvalue weighted by Crippen LogP contribution is 2.43.